The molecule has 0 saturated carbocycles. The highest BCUT2D eigenvalue weighted by Crippen LogP contribution is 2.32. The maximum absolute atomic E-state index is 10.9. The van der Waals surface area contributed by atoms with Crippen LogP contribution in [0.4, 0.5) is 0 Å². The highest BCUT2D eigenvalue weighted by Gasteiger charge is 2.11. The van der Waals surface area contributed by atoms with E-state index in [4.69, 9.17) is 23.2 Å². The molecular formula is C12H6Cl2N2O. The number of hydrogen-bond donors (Lipinski definition) is 0. The van der Waals surface area contributed by atoms with Crippen LogP contribution in [0.15, 0.2) is 41.7 Å². The molecule has 1 aromatic heterocycles. The van der Waals surface area contributed by atoms with E-state index in [1.54, 1.807) is 36.4 Å². The Morgan fingerprint density at radius 1 is 0.882 bits per heavy atom. The summed E-state index contributed by atoms with van der Waals surface area (Å²) in [7, 11) is 0. The predicted octanol–water partition coefficient (Wildman–Crippen LogP) is 4.63. The van der Waals surface area contributed by atoms with E-state index < -0.39 is 0 Å². The van der Waals surface area contributed by atoms with Crippen molar-refractivity contribution in [1.29, 1.82) is 0 Å². The fourth-order valence-corrected chi connectivity index (χ4v) is 2.38. The molecule has 0 atom stereocenters. The van der Waals surface area contributed by atoms with Crippen molar-refractivity contribution in [3.63, 3.8) is 0 Å². The number of hydrogen-bond acceptors (Lipinski definition) is 2. The van der Waals surface area contributed by atoms with Crippen LogP contribution in [0.3, 0.4) is 0 Å². The summed E-state index contributed by atoms with van der Waals surface area (Å²) in [4.78, 5) is 10.9. The third-order valence-electron chi connectivity index (χ3n) is 2.75. The van der Waals surface area contributed by atoms with Crippen LogP contribution in [-0.4, -0.2) is 4.68 Å². The molecule has 0 unspecified atom stereocenters. The molecule has 2 aromatic carbocycles. The third kappa shape index (κ3) is 1.51. The lowest BCUT2D eigenvalue weighted by molar-refractivity contribution is 0.953. The Kier molecular flexibility index (Phi) is 2.31. The quantitative estimate of drug-likeness (QED) is 0.590. The zero-order chi connectivity index (χ0) is 12.0. The van der Waals surface area contributed by atoms with Crippen LogP contribution in [0.1, 0.15) is 0 Å². The van der Waals surface area contributed by atoms with Gasteiger partial charge in [0.15, 0.2) is 0 Å². The van der Waals surface area contributed by atoms with E-state index in [0.29, 0.717) is 10.0 Å². The van der Waals surface area contributed by atoms with Gasteiger partial charge in [0, 0.05) is 20.8 Å². The first-order valence-corrected chi connectivity index (χ1v) is 5.69. The van der Waals surface area contributed by atoms with Crippen molar-refractivity contribution in [2.75, 3.05) is 0 Å². The molecule has 0 aliphatic rings. The lowest BCUT2D eigenvalue weighted by Crippen LogP contribution is -1.84. The average Bonchev–Trinajstić information content (AvgIpc) is 2.62. The van der Waals surface area contributed by atoms with Crippen molar-refractivity contribution in [3.8, 4) is 0 Å². The van der Waals surface area contributed by atoms with Gasteiger partial charge in [-0.15, -0.1) is 4.91 Å². The van der Waals surface area contributed by atoms with Gasteiger partial charge in [0.25, 0.3) is 0 Å². The molecule has 0 aliphatic carbocycles. The van der Waals surface area contributed by atoms with Crippen molar-refractivity contribution in [2.45, 2.75) is 0 Å². The molecule has 0 aliphatic heterocycles. The monoisotopic (exact) mass is 264 g/mol. The van der Waals surface area contributed by atoms with Gasteiger partial charge in [-0.05, 0) is 36.4 Å². The van der Waals surface area contributed by atoms with E-state index in [2.05, 4.69) is 5.29 Å². The number of fused-ring (bicyclic) bond motifs is 3. The van der Waals surface area contributed by atoms with Gasteiger partial charge in [-0.2, -0.15) is 4.68 Å². The van der Waals surface area contributed by atoms with E-state index in [1.165, 1.54) is 4.68 Å². The SMILES string of the molecule is O=Nn1c2ccc(Cl)cc2c2cc(Cl)ccc21. The van der Waals surface area contributed by atoms with Crippen molar-refractivity contribution < 1.29 is 0 Å². The van der Waals surface area contributed by atoms with Crippen molar-refractivity contribution in [2.24, 2.45) is 5.29 Å². The topological polar surface area (TPSA) is 34.4 Å². The summed E-state index contributed by atoms with van der Waals surface area (Å²) in [6, 6.07) is 10.6. The molecule has 5 heteroatoms. The molecule has 3 nitrogen and oxygen atoms in total. The molecule has 1 heterocycles. The largest absolute Gasteiger partial charge is 0.196 e. The third-order valence-corrected chi connectivity index (χ3v) is 3.22. The first-order valence-electron chi connectivity index (χ1n) is 4.93. The zero-order valence-electron chi connectivity index (χ0n) is 8.52. The van der Waals surface area contributed by atoms with Crippen LogP contribution >= 0.6 is 23.2 Å². The summed E-state index contributed by atoms with van der Waals surface area (Å²) >= 11 is 11.9. The van der Waals surface area contributed by atoms with Gasteiger partial charge in [0.1, 0.15) is 0 Å². The molecule has 0 radical (unpaired) electrons. The fourth-order valence-electron chi connectivity index (χ4n) is 2.04. The Bertz CT molecular complexity index is 690. The zero-order valence-corrected chi connectivity index (χ0v) is 10.0. The summed E-state index contributed by atoms with van der Waals surface area (Å²) in [6.45, 7) is 0. The second kappa shape index (κ2) is 3.72. The van der Waals surface area contributed by atoms with Gasteiger partial charge in [0.05, 0.1) is 16.3 Å². The minimum Gasteiger partial charge on any atom is -0.196 e. The van der Waals surface area contributed by atoms with Crippen molar-refractivity contribution in [3.05, 3.63) is 51.4 Å². The van der Waals surface area contributed by atoms with E-state index in [9.17, 15) is 4.91 Å². The van der Waals surface area contributed by atoms with E-state index >= 15 is 0 Å². The molecule has 0 spiro atoms. The Balaban J connectivity index is 2.61. The van der Waals surface area contributed by atoms with Crippen LogP contribution in [0.25, 0.3) is 21.8 Å². The minimum absolute atomic E-state index is 0.613. The Labute approximate surface area is 106 Å². The number of nitroso groups, excluding NO2 is 1. The van der Waals surface area contributed by atoms with Crippen LogP contribution in [-0.2, 0) is 0 Å². The number of halogens is 2. The molecule has 3 aromatic rings. The van der Waals surface area contributed by atoms with Gasteiger partial charge in [0.2, 0.25) is 0 Å². The Morgan fingerprint density at radius 2 is 1.35 bits per heavy atom. The summed E-state index contributed by atoms with van der Waals surface area (Å²) in [5.74, 6) is 0. The number of nitrogens with zero attached hydrogens (tertiary/aromatic N) is 2. The second-order valence-electron chi connectivity index (χ2n) is 3.72. The molecule has 17 heavy (non-hydrogen) atoms. The molecule has 0 amide bonds. The standard InChI is InChI=1S/C12H6Cl2N2O/c13-7-1-3-11-9(5-7)10-6-8(14)2-4-12(10)16(11)15-17/h1-6H. The predicted molar refractivity (Wildman–Crippen MR) is 70.7 cm³/mol. The van der Waals surface area contributed by atoms with E-state index in [-0.39, 0.29) is 0 Å². The Hall–Kier alpha value is -1.58. The molecule has 84 valence electrons. The molecule has 0 N–H and O–H groups in total. The minimum atomic E-state index is 0.613. The van der Waals surface area contributed by atoms with Gasteiger partial charge >= 0.3 is 0 Å². The fraction of sp³-hybridized carbons (Fsp3) is 0. The summed E-state index contributed by atoms with van der Waals surface area (Å²) in [5, 5.41) is 5.99. The lowest BCUT2D eigenvalue weighted by atomic mass is 10.1. The van der Waals surface area contributed by atoms with Crippen LogP contribution in [0, 0.1) is 4.91 Å². The molecular weight excluding hydrogens is 259 g/mol. The van der Waals surface area contributed by atoms with E-state index in [1.807, 2.05) is 0 Å². The molecule has 0 saturated heterocycles. The van der Waals surface area contributed by atoms with Gasteiger partial charge < -0.3 is 0 Å². The van der Waals surface area contributed by atoms with Gasteiger partial charge in [-0.25, -0.2) is 0 Å². The van der Waals surface area contributed by atoms with Crippen LogP contribution < -0.4 is 0 Å². The summed E-state index contributed by atoms with van der Waals surface area (Å²) in [6.07, 6.45) is 0. The summed E-state index contributed by atoms with van der Waals surface area (Å²) < 4.78 is 1.34. The molecule has 0 fully saturated rings. The highest BCUT2D eigenvalue weighted by atomic mass is 35.5. The van der Waals surface area contributed by atoms with Gasteiger partial charge in [-0.1, -0.05) is 23.2 Å². The number of benzene rings is 2. The van der Waals surface area contributed by atoms with Gasteiger partial charge in [-0.3, -0.25) is 0 Å². The normalized spacial score (nSPS) is 11.2. The Morgan fingerprint density at radius 3 is 1.76 bits per heavy atom. The summed E-state index contributed by atoms with van der Waals surface area (Å²) in [5.41, 5.74) is 1.45. The number of rotatable bonds is 1. The first kappa shape index (κ1) is 10.6. The van der Waals surface area contributed by atoms with Crippen LogP contribution in [0.2, 0.25) is 10.0 Å². The van der Waals surface area contributed by atoms with Crippen LogP contribution in [0.5, 0.6) is 0 Å². The van der Waals surface area contributed by atoms with Crippen molar-refractivity contribution in [1.82, 2.24) is 4.68 Å². The first-order chi connectivity index (χ1) is 8.20. The maximum Gasteiger partial charge on any atom is 0.0765 e. The smallest absolute Gasteiger partial charge is 0.0765 e. The highest BCUT2D eigenvalue weighted by molar-refractivity contribution is 6.33. The molecule has 3 rings (SSSR count). The maximum atomic E-state index is 10.9. The van der Waals surface area contributed by atoms with E-state index in [0.717, 1.165) is 21.8 Å². The number of aromatic nitrogens is 1. The van der Waals surface area contributed by atoms with Crippen molar-refractivity contribution >= 4 is 45.0 Å². The second-order valence-corrected chi connectivity index (χ2v) is 4.59. The lowest BCUT2D eigenvalue weighted by Gasteiger charge is -1.93. The average molecular weight is 265 g/mol. The molecule has 0 bridgehead atoms.